The number of fused-ring (bicyclic) bond motifs is 1. The molecule has 0 aliphatic carbocycles. The molecule has 122 valence electrons. The van der Waals surface area contributed by atoms with Crippen LogP contribution < -0.4 is 0 Å². The Hall–Kier alpha value is -3.15. The Labute approximate surface area is 136 Å². The summed E-state index contributed by atoms with van der Waals surface area (Å²) in [5.74, 6) is -2.05. The molecule has 3 rings (SSSR count). The molecule has 0 aliphatic rings. The van der Waals surface area contributed by atoms with Crippen molar-refractivity contribution in [2.45, 2.75) is 13.3 Å². The summed E-state index contributed by atoms with van der Waals surface area (Å²) in [7, 11) is 0. The molecule has 2 N–H and O–H groups in total. The summed E-state index contributed by atoms with van der Waals surface area (Å²) in [6.45, 7) is 1.63. The molecule has 5 nitrogen and oxygen atoms in total. The SMILES string of the molecule is Cc1c(CC(=O)O)c2cc(O)ccc2n1C(=O)c1cccc(F)c1. The number of phenols is 1. The largest absolute Gasteiger partial charge is 0.508 e. The molecule has 3 aromatic rings. The predicted molar refractivity (Wildman–Crippen MR) is 85.8 cm³/mol. The van der Waals surface area contributed by atoms with Crippen molar-refractivity contribution in [3.8, 4) is 5.75 Å². The smallest absolute Gasteiger partial charge is 0.307 e. The van der Waals surface area contributed by atoms with Gasteiger partial charge < -0.3 is 10.2 Å². The molecule has 0 unspecified atom stereocenters. The van der Waals surface area contributed by atoms with E-state index in [-0.39, 0.29) is 17.7 Å². The van der Waals surface area contributed by atoms with Crippen LogP contribution in [0.2, 0.25) is 0 Å². The first-order valence-electron chi connectivity index (χ1n) is 7.23. The van der Waals surface area contributed by atoms with Crippen LogP contribution in [0.1, 0.15) is 21.6 Å². The van der Waals surface area contributed by atoms with Gasteiger partial charge in [0.1, 0.15) is 11.6 Å². The van der Waals surface area contributed by atoms with Gasteiger partial charge in [0.15, 0.2) is 0 Å². The minimum absolute atomic E-state index is 0.0236. The van der Waals surface area contributed by atoms with Gasteiger partial charge >= 0.3 is 5.97 Å². The Bertz CT molecular complexity index is 975. The lowest BCUT2D eigenvalue weighted by atomic mass is 10.1. The zero-order valence-electron chi connectivity index (χ0n) is 12.8. The van der Waals surface area contributed by atoms with E-state index in [1.165, 1.54) is 34.9 Å². The standard InChI is InChI=1S/C18H14FNO4/c1-10-14(9-17(22)23)15-8-13(21)5-6-16(15)20(10)18(24)11-3-2-4-12(19)7-11/h2-8,21H,9H2,1H3,(H,22,23). The summed E-state index contributed by atoms with van der Waals surface area (Å²) in [6.07, 6.45) is -0.283. The summed E-state index contributed by atoms with van der Waals surface area (Å²) in [4.78, 5) is 23.9. The van der Waals surface area contributed by atoms with Gasteiger partial charge in [-0.1, -0.05) is 6.07 Å². The normalized spacial score (nSPS) is 10.9. The third kappa shape index (κ3) is 2.62. The fourth-order valence-electron chi connectivity index (χ4n) is 2.86. The average Bonchev–Trinajstić information content (AvgIpc) is 2.78. The molecule has 0 saturated heterocycles. The fraction of sp³-hybridized carbons (Fsp3) is 0.111. The fourth-order valence-corrected chi connectivity index (χ4v) is 2.86. The Morgan fingerprint density at radius 1 is 1.17 bits per heavy atom. The second-order valence-corrected chi connectivity index (χ2v) is 5.49. The van der Waals surface area contributed by atoms with E-state index in [0.717, 1.165) is 6.07 Å². The Morgan fingerprint density at radius 2 is 1.92 bits per heavy atom. The van der Waals surface area contributed by atoms with Crippen molar-refractivity contribution < 1.29 is 24.2 Å². The Morgan fingerprint density at radius 3 is 2.58 bits per heavy atom. The number of carboxylic acid groups (broad SMARTS) is 1. The highest BCUT2D eigenvalue weighted by molar-refractivity contribution is 6.04. The number of hydrogen-bond donors (Lipinski definition) is 2. The summed E-state index contributed by atoms with van der Waals surface area (Å²) in [5, 5.41) is 19.3. The van der Waals surface area contributed by atoms with Crippen molar-refractivity contribution in [2.24, 2.45) is 0 Å². The second-order valence-electron chi connectivity index (χ2n) is 5.49. The van der Waals surface area contributed by atoms with E-state index in [0.29, 0.717) is 22.2 Å². The first-order valence-corrected chi connectivity index (χ1v) is 7.23. The van der Waals surface area contributed by atoms with Gasteiger partial charge in [-0.2, -0.15) is 0 Å². The highest BCUT2D eigenvalue weighted by atomic mass is 19.1. The van der Waals surface area contributed by atoms with Crippen LogP contribution in [0.15, 0.2) is 42.5 Å². The molecule has 0 spiro atoms. The number of halogens is 1. The third-order valence-corrected chi connectivity index (χ3v) is 3.92. The molecule has 6 heteroatoms. The first-order chi connectivity index (χ1) is 11.4. The maximum Gasteiger partial charge on any atom is 0.307 e. The van der Waals surface area contributed by atoms with Gasteiger partial charge in [0.05, 0.1) is 11.9 Å². The lowest BCUT2D eigenvalue weighted by Crippen LogP contribution is -2.14. The quantitative estimate of drug-likeness (QED) is 0.775. The van der Waals surface area contributed by atoms with Crippen LogP contribution in [0.5, 0.6) is 5.75 Å². The minimum Gasteiger partial charge on any atom is -0.508 e. The summed E-state index contributed by atoms with van der Waals surface area (Å²) < 4.78 is 14.8. The minimum atomic E-state index is -1.04. The van der Waals surface area contributed by atoms with Crippen LogP contribution in [0.25, 0.3) is 10.9 Å². The second kappa shape index (κ2) is 5.81. The van der Waals surface area contributed by atoms with Crippen LogP contribution in [-0.4, -0.2) is 26.7 Å². The van der Waals surface area contributed by atoms with Gasteiger partial charge in [-0.05, 0) is 48.9 Å². The molecule has 2 aromatic carbocycles. The zero-order valence-corrected chi connectivity index (χ0v) is 12.8. The first kappa shape index (κ1) is 15.7. The number of rotatable bonds is 3. The zero-order chi connectivity index (χ0) is 17.4. The number of nitrogens with zero attached hydrogens (tertiary/aromatic N) is 1. The number of hydrogen-bond acceptors (Lipinski definition) is 3. The lowest BCUT2D eigenvalue weighted by molar-refractivity contribution is -0.136. The average molecular weight is 327 g/mol. The number of carbonyl (C=O) groups is 2. The van der Waals surface area contributed by atoms with Crippen LogP contribution >= 0.6 is 0 Å². The third-order valence-electron chi connectivity index (χ3n) is 3.92. The summed E-state index contributed by atoms with van der Waals surface area (Å²) >= 11 is 0. The summed E-state index contributed by atoms with van der Waals surface area (Å²) in [6, 6.07) is 9.69. The van der Waals surface area contributed by atoms with E-state index in [2.05, 4.69) is 0 Å². The number of phenolic OH excluding ortho intramolecular Hbond substituents is 1. The highest BCUT2D eigenvalue weighted by Gasteiger charge is 2.21. The number of aromatic nitrogens is 1. The maximum atomic E-state index is 13.4. The van der Waals surface area contributed by atoms with E-state index < -0.39 is 17.7 Å². The maximum absolute atomic E-state index is 13.4. The van der Waals surface area contributed by atoms with Crippen LogP contribution in [0, 0.1) is 12.7 Å². The van der Waals surface area contributed by atoms with Crippen molar-refractivity contribution >= 4 is 22.8 Å². The number of benzene rings is 2. The molecule has 24 heavy (non-hydrogen) atoms. The molecule has 0 saturated carbocycles. The van der Waals surface area contributed by atoms with E-state index in [9.17, 15) is 19.1 Å². The van der Waals surface area contributed by atoms with Gasteiger partial charge in [0.2, 0.25) is 0 Å². The monoisotopic (exact) mass is 327 g/mol. The molecular formula is C18H14FNO4. The van der Waals surface area contributed by atoms with Gasteiger partial charge in [0.25, 0.3) is 5.91 Å². The topological polar surface area (TPSA) is 79.5 Å². The van der Waals surface area contributed by atoms with E-state index in [1.54, 1.807) is 13.0 Å². The van der Waals surface area contributed by atoms with Crippen LogP contribution in [0.3, 0.4) is 0 Å². The molecule has 0 amide bonds. The van der Waals surface area contributed by atoms with E-state index >= 15 is 0 Å². The number of aliphatic carboxylic acids is 1. The number of carbonyl (C=O) groups excluding carboxylic acids is 1. The molecule has 1 aromatic heterocycles. The van der Waals surface area contributed by atoms with Gasteiger partial charge in [0, 0.05) is 16.6 Å². The van der Waals surface area contributed by atoms with Crippen molar-refractivity contribution in [3.05, 3.63) is 65.1 Å². The van der Waals surface area contributed by atoms with Gasteiger partial charge in [-0.25, -0.2) is 4.39 Å². The van der Waals surface area contributed by atoms with Crippen molar-refractivity contribution in [1.29, 1.82) is 0 Å². The van der Waals surface area contributed by atoms with Crippen molar-refractivity contribution in [3.63, 3.8) is 0 Å². The highest BCUT2D eigenvalue weighted by Crippen LogP contribution is 2.30. The molecular weight excluding hydrogens is 313 g/mol. The number of aromatic hydroxyl groups is 1. The Kier molecular flexibility index (Phi) is 3.81. The van der Waals surface area contributed by atoms with Crippen molar-refractivity contribution in [2.75, 3.05) is 0 Å². The van der Waals surface area contributed by atoms with Gasteiger partial charge in [-0.3, -0.25) is 14.2 Å². The predicted octanol–water partition coefficient (Wildman–Crippen LogP) is 3.11. The lowest BCUT2D eigenvalue weighted by Gasteiger charge is -2.07. The molecule has 0 bridgehead atoms. The Balaban J connectivity index is 2.26. The molecule has 0 aliphatic heterocycles. The summed E-state index contributed by atoms with van der Waals surface area (Å²) in [5.41, 5.74) is 1.52. The van der Waals surface area contributed by atoms with Crippen molar-refractivity contribution in [1.82, 2.24) is 4.57 Å². The van der Waals surface area contributed by atoms with Crippen LogP contribution in [-0.2, 0) is 11.2 Å². The molecule has 0 atom stereocenters. The number of carboxylic acids is 1. The molecule has 0 fully saturated rings. The van der Waals surface area contributed by atoms with E-state index in [1.807, 2.05) is 0 Å². The molecule has 0 radical (unpaired) electrons. The van der Waals surface area contributed by atoms with Crippen LogP contribution in [0.4, 0.5) is 4.39 Å². The van der Waals surface area contributed by atoms with E-state index in [4.69, 9.17) is 5.11 Å². The van der Waals surface area contributed by atoms with Gasteiger partial charge in [-0.15, -0.1) is 0 Å². The molecule has 1 heterocycles.